The number of fused-ring (bicyclic) bond motifs is 1. The molecule has 0 aromatic heterocycles. The summed E-state index contributed by atoms with van der Waals surface area (Å²) < 4.78 is 11.5. The lowest BCUT2D eigenvalue weighted by molar-refractivity contribution is -0.138. The molecule has 0 spiro atoms. The second-order valence-electron chi connectivity index (χ2n) is 3.55. The molecule has 0 amide bonds. The van der Waals surface area contributed by atoms with Crippen molar-refractivity contribution in [1.82, 2.24) is 0 Å². The Labute approximate surface area is 101 Å². The SMILES string of the molecule is CC(C(=O)O)c1ccc2c(c1Br)OCCO2. The zero-order valence-electron chi connectivity index (χ0n) is 8.70. The Morgan fingerprint density at radius 2 is 2.12 bits per heavy atom. The normalized spacial score (nSPS) is 15.6. The van der Waals surface area contributed by atoms with Crippen LogP contribution in [-0.4, -0.2) is 24.3 Å². The molecule has 16 heavy (non-hydrogen) atoms. The van der Waals surface area contributed by atoms with E-state index in [-0.39, 0.29) is 0 Å². The largest absolute Gasteiger partial charge is 0.486 e. The van der Waals surface area contributed by atoms with Gasteiger partial charge in [-0.1, -0.05) is 6.07 Å². The summed E-state index contributed by atoms with van der Waals surface area (Å²) in [7, 11) is 0. The van der Waals surface area contributed by atoms with Gasteiger partial charge in [-0.25, -0.2) is 0 Å². The van der Waals surface area contributed by atoms with Gasteiger partial charge >= 0.3 is 5.97 Å². The molecule has 2 rings (SSSR count). The van der Waals surface area contributed by atoms with Crippen molar-refractivity contribution >= 4 is 21.9 Å². The smallest absolute Gasteiger partial charge is 0.310 e. The van der Waals surface area contributed by atoms with E-state index in [1.807, 2.05) is 0 Å². The Bertz CT molecular complexity index is 430. The Balaban J connectivity index is 2.45. The van der Waals surface area contributed by atoms with Gasteiger partial charge in [0, 0.05) is 0 Å². The number of carbonyl (C=O) groups is 1. The van der Waals surface area contributed by atoms with Gasteiger partial charge in [0.2, 0.25) is 0 Å². The molecular formula is C11H11BrO4. The average Bonchev–Trinajstić information content (AvgIpc) is 2.29. The number of rotatable bonds is 2. The summed E-state index contributed by atoms with van der Waals surface area (Å²) in [5.74, 6) is -0.195. The third kappa shape index (κ3) is 1.87. The van der Waals surface area contributed by atoms with Crippen LogP contribution in [0.3, 0.4) is 0 Å². The third-order valence-corrected chi connectivity index (χ3v) is 3.33. The first kappa shape index (κ1) is 11.3. The van der Waals surface area contributed by atoms with Crippen molar-refractivity contribution in [3.05, 3.63) is 22.2 Å². The minimum Gasteiger partial charge on any atom is -0.486 e. The molecule has 4 nitrogen and oxygen atoms in total. The van der Waals surface area contributed by atoms with Gasteiger partial charge in [-0.05, 0) is 34.5 Å². The van der Waals surface area contributed by atoms with E-state index in [4.69, 9.17) is 14.6 Å². The van der Waals surface area contributed by atoms with Crippen LogP contribution in [0, 0.1) is 0 Å². The van der Waals surface area contributed by atoms with Crippen molar-refractivity contribution in [2.45, 2.75) is 12.8 Å². The lowest BCUT2D eigenvalue weighted by Gasteiger charge is -2.21. The topological polar surface area (TPSA) is 55.8 Å². The highest BCUT2D eigenvalue weighted by atomic mass is 79.9. The fourth-order valence-corrected chi connectivity index (χ4v) is 2.35. The summed E-state index contributed by atoms with van der Waals surface area (Å²) >= 11 is 3.37. The zero-order valence-corrected chi connectivity index (χ0v) is 10.3. The maximum absolute atomic E-state index is 10.9. The van der Waals surface area contributed by atoms with Crippen LogP contribution < -0.4 is 9.47 Å². The lowest BCUT2D eigenvalue weighted by Crippen LogP contribution is -2.17. The van der Waals surface area contributed by atoms with Gasteiger partial charge in [0.15, 0.2) is 11.5 Å². The second-order valence-corrected chi connectivity index (χ2v) is 4.35. The van der Waals surface area contributed by atoms with Crippen molar-refractivity contribution in [3.63, 3.8) is 0 Å². The molecule has 1 aromatic carbocycles. The van der Waals surface area contributed by atoms with E-state index in [0.29, 0.717) is 34.7 Å². The minimum absolute atomic E-state index is 0.483. The first-order valence-electron chi connectivity index (χ1n) is 4.92. The van der Waals surface area contributed by atoms with Crippen molar-refractivity contribution < 1.29 is 19.4 Å². The van der Waals surface area contributed by atoms with E-state index in [0.717, 1.165) is 0 Å². The van der Waals surface area contributed by atoms with E-state index < -0.39 is 11.9 Å². The van der Waals surface area contributed by atoms with Gasteiger partial charge in [-0.15, -0.1) is 0 Å². The van der Waals surface area contributed by atoms with Crippen LogP contribution in [0.1, 0.15) is 18.4 Å². The highest BCUT2D eigenvalue weighted by Gasteiger charge is 2.23. The number of hydrogen-bond acceptors (Lipinski definition) is 3. The zero-order chi connectivity index (χ0) is 11.7. The maximum atomic E-state index is 10.9. The molecule has 86 valence electrons. The molecule has 1 aliphatic heterocycles. The highest BCUT2D eigenvalue weighted by Crippen LogP contribution is 2.41. The number of hydrogen-bond donors (Lipinski definition) is 1. The highest BCUT2D eigenvalue weighted by molar-refractivity contribution is 9.10. The average molecular weight is 287 g/mol. The van der Waals surface area contributed by atoms with Crippen LogP contribution in [0.4, 0.5) is 0 Å². The van der Waals surface area contributed by atoms with E-state index >= 15 is 0 Å². The van der Waals surface area contributed by atoms with E-state index in [2.05, 4.69) is 15.9 Å². The summed E-state index contributed by atoms with van der Waals surface area (Å²) in [4.78, 5) is 10.9. The molecule has 0 bridgehead atoms. The molecule has 0 saturated carbocycles. The molecule has 0 saturated heterocycles. The van der Waals surface area contributed by atoms with Crippen LogP contribution in [0.25, 0.3) is 0 Å². The van der Waals surface area contributed by atoms with Gasteiger partial charge in [-0.2, -0.15) is 0 Å². The number of aliphatic carboxylic acids is 1. The van der Waals surface area contributed by atoms with E-state index in [1.165, 1.54) is 0 Å². The lowest BCUT2D eigenvalue weighted by atomic mass is 10.0. The maximum Gasteiger partial charge on any atom is 0.310 e. The molecule has 5 heteroatoms. The Morgan fingerprint density at radius 1 is 1.44 bits per heavy atom. The van der Waals surface area contributed by atoms with Crippen molar-refractivity contribution in [3.8, 4) is 11.5 Å². The number of benzene rings is 1. The minimum atomic E-state index is -0.864. The predicted molar refractivity (Wildman–Crippen MR) is 61.2 cm³/mol. The molecule has 1 unspecified atom stereocenters. The van der Waals surface area contributed by atoms with E-state index in [9.17, 15) is 4.79 Å². The Hall–Kier alpha value is -1.23. The van der Waals surface area contributed by atoms with Crippen LogP contribution in [0.15, 0.2) is 16.6 Å². The first-order chi connectivity index (χ1) is 7.61. The molecule has 1 aromatic rings. The molecule has 0 fully saturated rings. The second kappa shape index (κ2) is 4.33. The molecule has 1 N–H and O–H groups in total. The van der Waals surface area contributed by atoms with E-state index in [1.54, 1.807) is 19.1 Å². The van der Waals surface area contributed by atoms with Gasteiger partial charge in [0.25, 0.3) is 0 Å². The standard InChI is InChI=1S/C11H11BrO4/c1-6(11(13)14)7-2-3-8-10(9(7)12)16-5-4-15-8/h2-3,6H,4-5H2,1H3,(H,13,14). The Morgan fingerprint density at radius 3 is 2.81 bits per heavy atom. The number of halogens is 1. The summed E-state index contributed by atoms with van der Waals surface area (Å²) in [5.41, 5.74) is 0.691. The molecule has 0 radical (unpaired) electrons. The summed E-state index contributed by atoms with van der Waals surface area (Å²) in [6.07, 6.45) is 0. The molecule has 1 heterocycles. The number of carboxylic acids is 1. The quantitative estimate of drug-likeness (QED) is 0.907. The van der Waals surface area contributed by atoms with Gasteiger partial charge in [-0.3, -0.25) is 4.79 Å². The summed E-state index contributed by atoms with van der Waals surface area (Å²) in [6, 6.07) is 3.49. The number of ether oxygens (including phenoxy) is 2. The van der Waals surface area contributed by atoms with Gasteiger partial charge in [0.1, 0.15) is 13.2 Å². The number of carboxylic acid groups (broad SMARTS) is 1. The fraction of sp³-hybridized carbons (Fsp3) is 0.364. The molecule has 1 aliphatic rings. The third-order valence-electron chi connectivity index (χ3n) is 2.52. The van der Waals surface area contributed by atoms with Crippen LogP contribution in [0.2, 0.25) is 0 Å². The van der Waals surface area contributed by atoms with Crippen LogP contribution in [0.5, 0.6) is 11.5 Å². The molecular weight excluding hydrogens is 276 g/mol. The fourth-order valence-electron chi connectivity index (χ4n) is 1.56. The first-order valence-corrected chi connectivity index (χ1v) is 5.71. The van der Waals surface area contributed by atoms with Crippen LogP contribution in [-0.2, 0) is 4.79 Å². The molecule has 0 aliphatic carbocycles. The summed E-state index contributed by atoms with van der Waals surface area (Å²) in [5, 5.41) is 8.97. The Kier molecular flexibility index (Phi) is 3.05. The summed E-state index contributed by atoms with van der Waals surface area (Å²) in [6.45, 7) is 2.64. The van der Waals surface area contributed by atoms with Crippen molar-refractivity contribution in [2.24, 2.45) is 0 Å². The van der Waals surface area contributed by atoms with Crippen LogP contribution >= 0.6 is 15.9 Å². The monoisotopic (exact) mass is 286 g/mol. The molecule has 1 atom stereocenters. The predicted octanol–water partition coefficient (Wildman–Crippen LogP) is 2.41. The van der Waals surface area contributed by atoms with Crippen molar-refractivity contribution in [1.29, 1.82) is 0 Å². The van der Waals surface area contributed by atoms with Gasteiger partial charge in [0.05, 0.1) is 10.4 Å². The van der Waals surface area contributed by atoms with Gasteiger partial charge < -0.3 is 14.6 Å². The van der Waals surface area contributed by atoms with Crippen molar-refractivity contribution in [2.75, 3.05) is 13.2 Å².